The summed E-state index contributed by atoms with van der Waals surface area (Å²) in [5.74, 6) is -4.04. The molecule has 0 atom stereocenters. The molecule has 280 valence electrons. The van der Waals surface area contributed by atoms with E-state index in [0.29, 0.717) is 57.6 Å². The Morgan fingerprint density at radius 1 is 0.517 bits per heavy atom. The van der Waals surface area contributed by atoms with Crippen molar-refractivity contribution in [1.29, 1.82) is 0 Å². The first-order valence-electron chi connectivity index (χ1n) is 18.2. The number of carbonyl (C=O) groups excluding carboxylic acids is 6. The van der Waals surface area contributed by atoms with Crippen LogP contribution in [-0.2, 0) is 47.3 Å². The summed E-state index contributed by atoms with van der Waals surface area (Å²) < 4.78 is 13.6. The Hall–Kier alpha value is -6.66. The number of thiophene rings is 3. The molecule has 0 bridgehead atoms. The third kappa shape index (κ3) is 5.46. The van der Waals surface area contributed by atoms with E-state index in [1.807, 2.05) is 66.7 Å². The highest BCUT2D eigenvalue weighted by molar-refractivity contribution is 7.32. The van der Waals surface area contributed by atoms with Crippen LogP contribution in [0.25, 0.3) is 42.5 Å². The molecule has 8 nitrogen and oxygen atoms in total. The largest absolute Gasteiger partial charge is 0.459 e. The van der Waals surface area contributed by atoms with Crippen LogP contribution in [0.3, 0.4) is 0 Å². The third-order valence-corrected chi connectivity index (χ3v) is 14.2. The van der Waals surface area contributed by atoms with Gasteiger partial charge in [0.15, 0.2) is 0 Å². The third-order valence-electron chi connectivity index (χ3n) is 10.6. The Morgan fingerprint density at radius 2 is 0.983 bits per heavy atom. The molecule has 58 heavy (non-hydrogen) atoms. The van der Waals surface area contributed by atoms with Crippen molar-refractivity contribution in [3.8, 4) is 9.75 Å². The van der Waals surface area contributed by atoms with E-state index < -0.39 is 40.5 Å². The number of hydrogen-bond donors (Lipinski definition) is 0. The van der Waals surface area contributed by atoms with Crippen molar-refractivity contribution in [2.75, 3.05) is 0 Å². The summed E-state index contributed by atoms with van der Waals surface area (Å²) in [6.45, 7) is -0.228. The first-order chi connectivity index (χ1) is 28.2. The molecule has 0 N–H and O–H groups in total. The zero-order valence-electron chi connectivity index (χ0n) is 30.1. The number of rotatable bonds is 8. The topological polar surface area (TPSA) is 121 Å². The second kappa shape index (κ2) is 13.8. The van der Waals surface area contributed by atoms with Crippen LogP contribution < -0.4 is 0 Å². The van der Waals surface area contributed by atoms with Crippen molar-refractivity contribution in [3.63, 3.8) is 0 Å². The van der Waals surface area contributed by atoms with Gasteiger partial charge in [-0.1, -0.05) is 109 Å². The molecule has 3 aromatic heterocycles. The lowest BCUT2D eigenvalue weighted by Gasteiger charge is -2.26. The summed E-state index contributed by atoms with van der Waals surface area (Å²) in [5, 5.41) is 0. The zero-order valence-corrected chi connectivity index (χ0v) is 32.6. The predicted octanol–water partition coefficient (Wildman–Crippen LogP) is 9.39. The van der Waals surface area contributed by atoms with Crippen LogP contribution in [0.4, 0.5) is 0 Å². The molecule has 4 aromatic carbocycles. The van der Waals surface area contributed by atoms with Crippen molar-refractivity contribution >= 4 is 102 Å². The van der Waals surface area contributed by atoms with E-state index in [1.165, 1.54) is 34.0 Å². The van der Waals surface area contributed by atoms with E-state index in [4.69, 9.17) is 9.47 Å². The highest BCUT2D eigenvalue weighted by Crippen LogP contribution is 2.61. The van der Waals surface area contributed by atoms with E-state index in [0.717, 1.165) is 15.8 Å². The van der Waals surface area contributed by atoms with Crippen LogP contribution in [0.1, 0.15) is 63.9 Å². The zero-order chi connectivity index (χ0) is 39.7. The fourth-order valence-corrected chi connectivity index (χ4v) is 11.9. The number of esters is 2. The van der Waals surface area contributed by atoms with Gasteiger partial charge in [-0.3, -0.25) is 28.8 Å². The Morgan fingerprint density at radius 3 is 1.50 bits per heavy atom. The lowest BCUT2D eigenvalue weighted by Crippen LogP contribution is -2.45. The molecule has 0 amide bonds. The minimum Gasteiger partial charge on any atom is -0.459 e. The van der Waals surface area contributed by atoms with Gasteiger partial charge >= 0.3 is 11.9 Å². The average Bonchev–Trinajstić information content (AvgIpc) is 4.07. The molecule has 3 heterocycles. The maximum Gasteiger partial charge on any atom is 0.333 e. The highest BCUT2D eigenvalue weighted by atomic mass is 32.1. The van der Waals surface area contributed by atoms with Crippen LogP contribution in [0.2, 0.25) is 0 Å². The molecular weight excluding hydrogens is 789 g/mol. The monoisotopic (exact) mass is 814 g/mol. The summed E-state index contributed by atoms with van der Waals surface area (Å²) in [5.41, 5.74) is 2.38. The number of benzene rings is 4. The standard InChI is InChI=1S/C47H26O8S3/c48-38-31-17-9-7-15-29(31)33(40(38)50)19-27-21-35-42(56-27)44-37(43-36(58-44)22-28(57-43)20-34-30-16-8-10-18-32(30)39(49)41(34)51)47(35,45(52)54-23-25-11-3-1-4-12-25)46(53)55-24-26-13-5-2-6-14-26/h1-22H,23-24H2/b33-19-,34-20-. The van der Waals surface area contributed by atoms with Crippen LogP contribution >= 0.6 is 34.0 Å². The van der Waals surface area contributed by atoms with Crippen molar-refractivity contribution in [1.82, 2.24) is 0 Å². The molecule has 3 aliphatic carbocycles. The lowest BCUT2D eigenvalue weighted by molar-refractivity contribution is -0.164. The summed E-state index contributed by atoms with van der Waals surface area (Å²) in [7, 11) is 0. The molecule has 0 spiro atoms. The SMILES string of the molecule is O=C1C(=O)c2ccccc2/C1=C/c1cc2c(s1)-c1sc3cc(/C=C4\C(=O)C(=O)c5ccccc54)sc3c1C2(C(=O)OCc1ccccc1)C(=O)OCc1ccccc1. The minimum atomic E-state index is -2.09. The first kappa shape index (κ1) is 35.7. The first-order valence-corrected chi connectivity index (χ1v) is 20.6. The molecule has 0 unspecified atom stereocenters. The molecule has 0 saturated heterocycles. The summed E-state index contributed by atoms with van der Waals surface area (Å²) in [4.78, 5) is 84.8. The molecule has 11 heteroatoms. The van der Waals surface area contributed by atoms with Gasteiger partial charge in [0.2, 0.25) is 28.5 Å². The number of fused-ring (bicyclic) bond motifs is 7. The van der Waals surface area contributed by atoms with Gasteiger partial charge in [0, 0.05) is 47.9 Å². The van der Waals surface area contributed by atoms with E-state index in [2.05, 4.69) is 0 Å². The van der Waals surface area contributed by atoms with Gasteiger partial charge < -0.3 is 9.47 Å². The van der Waals surface area contributed by atoms with Crippen LogP contribution in [0.15, 0.2) is 121 Å². The summed E-state index contributed by atoms with van der Waals surface area (Å²) >= 11 is 3.99. The maximum atomic E-state index is 15.1. The Balaban J connectivity index is 1.16. The number of allylic oxidation sites excluding steroid dienone is 2. The number of hydrogen-bond acceptors (Lipinski definition) is 11. The van der Waals surface area contributed by atoms with Gasteiger partial charge in [-0.25, -0.2) is 0 Å². The second-order valence-electron chi connectivity index (χ2n) is 13.9. The molecular formula is C47H26O8S3. The quantitative estimate of drug-likeness (QED) is 0.0644. The van der Waals surface area contributed by atoms with Gasteiger partial charge in [0.25, 0.3) is 0 Å². The predicted molar refractivity (Wildman–Crippen MR) is 224 cm³/mol. The average molecular weight is 815 g/mol. The molecule has 7 aromatic rings. The number of ether oxygens (including phenoxy) is 2. The number of carbonyl (C=O) groups is 6. The molecule has 10 rings (SSSR count). The Kier molecular flexibility index (Phi) is 8.48. The summed E-state index contributed by atoms with van der Waals surface area (Å²) in [6.07, 6.45) is 3.33. The van der Waals surface area contributed by atoms with Crippen LogP contribution in [0, 0.1) is 0 Å². The van der Waals surface area contributed by atoms with Gasteiger partial charge in [-0.2, -0.15) is 0 Å². The fraction of sp³-hybridized carbons (Fsp3) is 0.0638. The Labute approximate surface area is 342 Å². The van der Waals surface area contributed by atoms with Crippen molar-refractivity contribution in [2.24, 2.45) is 0 Å². The molecule has 0 saturated carbocycles. The molecule has 3 aliphatic rings. The van der Waals surface area contributed by atoms with Crippen molar-refractivity contribution in [3.05, 3.63) is 176 Å². The van der Waals surface area contributed by atoms with Crippen molar-refractivity contribution < 1.29 is 38.2 Å². The van der Waals surface area contributed by atoms with Gasteiger partial charge in [0.1, 0.15) is 13.2 Å². The Bertz CT molecular complexity index is 2960. The van der Waals surface area contributed by atoms with Crippen LogP contribution in [-0.4, -0.2) is 35.1 Å². The summed E-state index contributed by atoms with van der Waals surface area (Å²) in [6, 6.07) is 35.6. The van der Waals surface area contributed by atoms with Gasteiger partial charge in [0.05, 0.1) is 14.5 Å². The second-order valence-corrected chi connectivity index (χ2v) is 17.2. The minimum absolute atomic E-state index is 0.114. The normalized spacial score (nSPS) is 16.2. The highest BCUT2D eigenvalue weighted by Gasteiger charge is 2.61. The van der Waals surface area contributed by atoms with Crippen LogP contribution in [0.5, 0.6) is 0 Å². The smallest absolute Gasteiger partial charge is 0.333 e. The molecule has 0 aliphatic heterocycles. The van der Waals surface area contributed by atoms with Crippen molar-refractivity contribution in [2.45, 2.75) is 18.6 Å². The van der Waals surface area contributed by atoms with E-state index in [9.17, 15) is 19.2 Å². The van der Waals surface area contributed by atoms with Gasteiger partial charge in [-0.05, 0) is 46.5 Å². The van der Waals surface area contributed by atoms with Gasteiger partial charge in [-0.15, -0.1) is 34.0 Å². The molecule has 0 radical (unpaired) electrons. The lowest BCUT2D eigenvalue weighted by atomic mass is 9.79. The maximum absolute atomic E-state index is 15.1. The fourth-order valence-electron chi connectivity index (χ4n) is 7.85. The number of ketones is 4. The number of Topliss-reactive ketones (excluding diaryl/α,β-unsaturated/α-hetero) is 4. The van der Waals surface area contributed by atoms with E-state index >= 15 is 9.59 Å². The van der Waals surface area contributed by atoms with E-state index in [-0.39, 0.29) is 24.4 Å². The molecule has 0 fully saturated rings. The van der Waals surface area contributed by atoms with E-state index in [1.54, 1.807) is 66.7 Å².